The molecule has 1 heterocycles. The van der Waals surface area contributed by atoms with Gasteiger partial charge in [0, 0.05) is 19.5 Å². The number of aliphatic hydroxyl groups excluding tert-OH is 1. The first-order chi connectivity index (χ1) is 11.2. The standard InChI is InChI=1S/C19H27NO3/c21-16-6-4-12-20(14-16)19(22)11-10-15-5-3-9-18(13-15)23-17-7-1-2-8-17/h3,5,9,13,16-17,21H,1-2,4,6-8,10-12,14H2. The first-order valence-electron chi connectivity index (χ1n) is 8.92. The van der Waals surface area contributed by atoms with E-state index in [-0.39, 0.29) is 12.0 Å². The Morgan fingerprint density at radius 1 is 1.22 bits per heavy atom. The zero-order chi connectivity index (χ0) is 16.1. The fourth-order valence-corrected chi connectivity index (χ4v) is 3.56. The molecular formula is C19H27NO3. The van der Waals surface area contributed by atoms with Gasteiger partial charge in [-0.15, -0.1) is 0 Å². The van der Waals surface area contributed by atoms with E-state index in [2.05, 4.69) is 12.1 Å². The van der Waals surface area contributed by atoms with Gasteiger partial charge < -0.3 is 14.7 Å². The molecule has 4 nitrogen and oxygen atoms in total. The van der Waals surface area contributed by atoms with Crippen molar-refractivity contribution in [2.24, 2.45) is 0 Å². The second-order valence-electron chi connectivity index (χ2n) is 6.81. The molecule has 1 aromatic carbocycles. The molecule has 0 bridgehead atoms. The highest BCUT2D eigenvalue weighted by Gasteiger charge is 2.21. The normalized spacial score (nSPS) is 22.3. The molecule has 23 heavy (non-hydrogen) atoms. The number of hydrogen-bond acceptors (Lipinski definition) is 3. The van der Waals surface area contributed by atoms with Gasteiger partial charge in [0.1, 0.15) is 5.75 Å². The minimum Gasteiger partial charge on any atom is -0.490 e. The number of likely N-dealkylation sites (tertiary alicyclic amines) is 1. The van der Waals surface area contributed by atoms with Crippen LogP contribution in [0.25, 0.3) is 0 Å². The van der Waals surface area contributed by atoms with Crippen LogP contribution in [0.15, 0.2) is 24.3 Å². The summed E-state index contributed by atoms with van der Waals surface area (Å²) in [7, 11) is 0. The fourth-order valence-electron chi connectivity index (χ4n) is 3.56. The molecule has 1 aromatic rings. The van der Waals surface area contributed by atoms with Gasteiger partial charge in [0.2, 0.25) is 5.91 Å². The maximum absolute atomic E-state index is 12.3. The van der Waals surface area contributed by atoms with Crippen LogP contribution in [0.1, 0.15) is 50.5 Å². The number of carbonyl (C=O) groups is 1. The van der Waals surface area contributed by atoms with Crippen molar-refractivity contribution in [1.82, 2.24) is 4.90 Å². The van der Waals surface area contributed by atoms with Crippen LogP contribution in [0.5, 0.6) is 5.75 Å². The Hall–Kier alpha value is -1.55. The molecule has 3 rings (SSSR count). The molecule has 2 fully saturated rings. The monoisotopic (exact) mass is 317 g/mol. The highest BCUT2D eigenvalue weighted by molar-refractivity contribution is 5.76. The Balaban J connectivity index is 1.50. The fraction of sp³-hybridized carbons (Fsp3) is 0.632. The molecule has 1 atom stereocenters. The number of aliphatic hydroxyl groups is 1. The van der Waals surface area contributed by atoms with Crippen LogP contribution in [0, 0.1) is 0 Å². The number of amides is 1. The molecule has 1 N–H and O–H groups in total. The molecule has 1 saturated heterocycles. The van der Waals surface area contributed by atoms with Crippen LogP contribution in [0.2, 0.25) is 0 Å². The van der Waals surface area contributed by atoms with Crippen molar-refractivity contribution in [3.63, 3.8) is 0 Å². The van der Waals surface area contributed by atoms with E-state index in [1.165, 1.54) is 12.8 Å². The van der Waals surface area contributed by atoms with Gasteiger partial charge in [-0.05, 0) is 62.6 Å². The average molecular weight is 317 g/mol. The molecule has 0 aromatic heterocycles. The molecule has 4 heteroatoms. The van der Waals surface area contributed by atoms with E-state index in [4.69, 9.17) is 4.74 Å². The summed E-state index contributed by atoms with van der Waals surface area (Å²) >= 11 is 0. The lowest BCUT2D eigenvalue weighted by Crippen LogP contribution is -2.42. The molecule has 0 radical (unpaired) electrons. The highest BCUT2D eigenvalue weighted by atomic mass is 16.5. The van der Waals surface area contributed by atoms with Gasteiger partial charge in [0.25, 0.3) is 0 Å². The molecule has 126 valence electrons. The van der Waals surface area contributed by atoms with E-state index >= 15 is 0 Å². The van der Waals surface area contributed by atoms with Crippen molar-refractivity contribution >= 4 is 5.91 Å². The number of benzene rings is 1. The Labute approximate surface area is 138 Å². The van der Waals surface area contributed by atoms with Gasteiger partial charge in [-0.2, -0.15) is 0 Å². The van der Waals surface area contributed by atoms with E-state index < -0.39 is 0 Å². The van der Waals surface area contributed by atoms with Gasteiger partial charge >= 0.3 is 0 Å². The van der Waals surface area contributed by atoms with E-state index in [0.717, 1.165) is 50.0 Å². The minimum absolute atomic E-state index is 0.144. The lowest BCUT2D eigenvalue weighted by Gasteiger charge is -2.30. The number of rotatable bonds is 5. The third kappa shape index (κ3) is 4.71. The van der Waals surface area contributed by atoms with E-state index in [1.54, 1.807) is 4.90 Å². The second-order valence-corrected chi connectivity index (χ2v) is 6.81. The van der Waals surface area contributed by atoms with Crippen molar-refractivity contribution in [1.29, 1.82) is 0 Å². The summed E-state index contributed by atoms with van der Waals surface area (Å²) in [5.74, 6) is 1.07. The Morgan fingerprint density at radius 3 is 2.83 bits per heavy atom. The van der Waals surface area contributed by atoms with E-state index in [0.29, 0.717) is 19.1 Å². The van der Waals surface area contributed by atoms with Crippen LogP contribution in [0.3, 0.4) is 0 Å². The summed E-state index contributed by atoms with van der Waals surface area (Å²) in [6.45, 7) is 1.27. The maximum atomic E-state index is 12.3. The van der Waals surface area contributed by atoms with E-state index in [1.807, 2.05) is 12.1 Å². The summed E-state index contributed by atoms with van der Waals surface area (Å²) in [4.78, 5) is 14.1. The zero-order valence-corrected chi connectivity index (χ0v) is 13.7. The van der Waals surface area contributed by atoms with Crippen LogP contribution in [-0.4, -0.2) is 41.2 Å². The molecule has 0 spiro atoms. The van der Waals surface area contributed by atoms with Crippen molar-refractivity contribution in [2.75, 3.05) is 13.1 Å². The number of nitrogens with zero attached hydrogens (tertiary/aromatic N) is 1. The van der Waals surface area contributed by atoms with Gasteiger partial charge in [-0.3, -0.25) is 4.79 Å². The van der Waals surface area contributed by atoms with Crippen molar-refractivity contribution in [3.05, 3.63) is 29.8 Å². The maximum Gasteiger partial charge on any atom is 0.222 e. The number of β-amino-alcohol motifs (C(OH)–C–C–N with tert-alkyl or cyclic N) is 1. The van der Waals surface area contributed by atoms with Gasteiger partial charge in [0.05, 0.1) is 12.2 Å². The summed E-state index contributed by atoms with van der Waals surface area (Å²) in [5.41, 5.74) is 1.14. The predicted octanol–water partition coefficient (Wildman–Crippen LogP) is 2.92. The highest BCUT2D eigenvalue weighted by Crippen LogP contribution is 2.25. The quantitative estimate of drug-likeness (QED) is 0.908. The number of ether oxygens (including phenoxy) is 1. The Kier molecular flexibility index (Phi) is 5.55. The molecular weight excluding hydrogens is 290 g/mol. The smallest absolute Gasteiger partial charge is 0.222 e. The zero-order valence-electron chi connectivity index (χ0n) is 13.7. The van der Waals surface area contributed by atoms with Crippen LogP contribution >= 0.6 is 0 Å². The van der Waals surface area contributed by atoms with Crippen molar-refractivity contribution < 1.29 is 14.6 Å². The van der Waals surface area contributed by atoms with Crippen molar-refractivity contribution in [3.8, 4) is 5.75 Å². The largest absolute Gasteiger partial charge is 0.490 e. The molecule has 1 unspecified atom stereocenters. The third-order valence-corrected chi connectivity index (χ3v) is 4.88. The van der Waals surface area contributed by atoms with Crippen LogP contribution in [0.4, 0.5) is 0 Å². The molecule has 1 saturated carbocycles. The van der Waals surface area contributed by atoms with Crippen LogP contribution in [-0.2, 0) is 11.2 Å². The Morgan fingerprint density at radius 2 is 2.04 bits per heavy atom. The number of carbonyl (C=O) groups excluding carboxylic acids is 1. The minimum atomic E-state index is -0.351. The Bertz CT molecular complexity index is 525. The number of hydrogen-bond donors (Lipinski definition) is 1. The third-order valence-electron chi connectivity index (χ3n) is 4.88. The van der Waals surface area contributed by atoms with E-state index in [9.17, 15) is 9.90 Å². The first kappa shape index (κ1) is 16.3. The molecule has 2 aliphatic rings. The summed E-state index contributed by atoms with van der Waals surface area (Å²) < 4.78 is 6.02. The number of aryl methyl sites for hydroxylation is 1. The summed E-state index contributed by atoms with van der Waals surface area (Å²) in [6.07, 6.45) is 7.79. The van der Waals surface area contributed by atoms with Gasteiger partial charge in [-0.1, -0.05) is 12.1 Å². The van der Waals surface area contributed by atoms with Gasteiger partial charge in [0.15, 0.2) is 0 Å². The predicted molar refractivity (Wildman–Crippen MR) is 89.5 cm³/mol. The lowest BCUT2D eigenvalue weighted by atomic mass is 10.1. The van der Waals surface area contributed by atoms with Crippen molar-refractivity contribution in [2.45, 2.75) is 63.6 Å². The molecule has 1 amide bonds. The number of piperidine rings is 1. The SMILES string of the molecule is O=C(CCc1cccc(OC2CCCC2)c1)N1CCCC(O)C1. The van der Waals surface area contributed by atoms with Crippen LogP contribution < -0.4 is 4.74 Å². The second kappa shape index (κ2) is 7.82. The average Bonchev–Trinajstić information content (AvgIpc) is 3.06. The lowest BCUT2D eigenvalue weighted by molar-refractivity contribution is -0.134. The molecule has 1 aliphatic heterocycles. The first-order valence-corrected chi connectivity index (χ1v) is 8.92. The summed E-state index contributed by atoms with van der Waals surface area (Å²) in [5, 5.41) is 9.68. The topological polar surface area (TPSA) is 49.8 Å². The summed E-state index contributed by atoms with van der Waals surface area (Å²) in [6, 6.07) is 8.13. The molecule has 1 aliphatic carbocycles. The van der Waals surface area contributed by atoms with Gasteiger partial charge in [-0.25, -0.2) is 0 Å².